The van der Waals surface area contributed by atoms with E-state index in [1.807, 2.05) is 42.5 Å². The van der Waals surface area contributed by atoms with E-state index in [0.29, 0.717) is 0 Å². The predicted octanol–water partition coefficient (Wildman–Crippen LogP) is 4.63. The van der Waals surface area contributed by atoms with E-state index >= 15 is 0 Å². The smallest absolute Gasteiger partial charge is 0.243 e. The van der Waals surface area contributed by atoms with E-state index in [1.165, 1.54) is 12.3 Å². The number of rotatable bonds is 2. The Bertz CT molecular complexity index is 850. The maximum atomic E-state index is 10.8. The molecule has 0 atom stereocenters. The van der Waals surface area contributed by atoms with Gasteiger partial charge in [-0.3, -0.25) is 10.1 Å². The molecule has 0 saturated carbocycles. The van der Waals surface area contributed by atoms with Crippen LogP contribution in [0.25, 0.3) is 27.6 Å². The van der Waals surface area contributed by atoms with Crippen LogP contribution in [-0.4, -0.2) is 4.92 Å². The Balaban J connectivity index is 2.41. The van der Waals surface area contributed by atoms with Gasteiger partial charge in [0.15, 0.2) is 0 Å². The molecule has 0 aromatic heterocycles. The Kier molecular flexibility index (Phi) is 2.95. The maximum absolute atomic E-state index is 10.8. The molecule has 3 rings (SSSR count). The minimum atomic E-state index is -0.357. The SMILES string of the molecule is C/C(=C\c1cc2ccccc2c2ccccc12)[N+](=O)[O-]. The Morgan fingerprint density at radius 1 is 1.00 bits per heavy atom. The molecule has 98 valence electrons. The molecule has 0 radical (unpaired) electrons. The Morgan fingerprint density at radius 2 is 1.60 bits per heavy atom. The summed E-state index contributed by atoms with van der Waals surface area (Å²) >= 11 is 0. The highest BCUT2D eigenvalue weighted by molar-refractivity contribution is 6.10. The molecule has 3 aromatic carbocycles. The standard InChI is InChI=1S/C17H13NO2/c1-12(18(19)20)10-14-11-13-6-2-3-7-15(13)17-9-5-4-8-16(14)17/h2-11H,1H3/b12-10+. The van der Waals surface area contributed by atoms with Crippen LogP contribution in [0.4, 0.5) is 0 Å². The molecule has 3 nitrogen and oxygen atoms in total. The molecule has 0 unspecified atom stereocenters. The highest BCUT2D eigenvalue weighted by Gasteiger charge is 2.08. The summed E-state index contributed by atoms with van der Waals surface area (Å²) in [7, 11) is 0. The summed E-state index contributed by atoms with van der Waals surface area (Å²) in [5.41, 5.74) is 1.03. The molecular weight excluding hydrogens is 250 g/mol. The van der Waals surface area contributed by atoms with Gasteiger partial charge in [-0.1, -0.05) is 48.5 Å². The van der Waals surface area contributed by atoms with E-state index in [1.54, 1.807) is 6.08 Å². The van der Waals surface area contributed by atoms with Crippen molar-refractivity contribution in [3.8, 4) is 0 Å². The van der Waals surface area contributed by atoms with Crippen LogP contribution in [0.5, 0.6) is 0 Å². The molecule has 0 aliphatic heterocycles. The average molecular weight is 263 g/mol. The van der Waals surface area contributed by atoms with E-state index in [4.69, 9.17) is 0 Å². The lowest BCUT2D eigenvalue weighted by atomic mass is 9.97. The van der Waals surface area contributed by atoms with Crippen LogP contribution in [0.1, 0.15) is 12.5 Å². The largest absolute Gasteiger partial charge is 0.259 e. The minimum absolute atomic E-state index is 0.144. The van der Waals surface area contributed by atoms with Gasteiger partial charge in [0.05, 0.1) is 4.92 Å². The van der Waals surface area contributed by atoms with Gasteiger partial charge in [0.2, 0.25) is 5.70 Å². The molecule has 0 bridgehead atoms. The second-order valence-electron chi connectivity index (χ2n) is 4.78. The zero-order valence-electron chi connectivity index (χ0n) is 11.0. The minimum Gasteiger partial charge on any atom is -0.259 e. The van der Waals surface area contributed by atoms with E-state index in [0.717, 1.165) is 21.7 Å². The van der Waals surface area contributed by atoms with Crippen molar-refractivity contribution in [2.45, 2.75) is 6.92 Å². The third kappa shape index (κ3) is 2.03. The van der Waals surface area contributed by atoms with Gasteiger partial charge in [-0.25, -0.2) is 0 Å². The predicted molar refractivity (Wildman–Crippen MR) is 82.1 cm³/mol. The number of allylic oxidation sites excluding steroid dienone is 1. The Morgan fingerprint density at radius 3 is 2.30 bits per heavy atom. The summed E-state index contributed by atoms with van der Waals surface area (Å²) in [6.45, 7) is 1.52. The lowest BCUT2D eigenvalue weighted by molar-refractivity contribution is -0.422. The van der Waals surface area contributed by atoms with Crippen LogP contribution in [0.3, 0.4) is 0 Å². The van der Waals surface area contributed by atoms with E-state index in [9.17, 15) is 10.1 Å². The van der Waals surface area contributed by atoms with Crippen LogP contribution in [0.2, 0.25) is 0 Å². The fraction of sp³-hybridized carbons (Fsp3) is 0.0588. The van der Waals surface area contributed by atoms with Gasteiger partial charge in [-0.2, -0.15) is 0 Å². The molecule has 0 N–H and O–H groups in total. The molecule has 3 heteroatoms. The molecule has 0 saturated heterocycles. The first kappa shape index (κ1) is 12.4. The Labute approximate surface area is 116 Å². The molecule has 0 aliphatic carbocycles. The molecule has 0 fully saturated rings. The molecule has 0 spiro atoms. The van der Waals surface area contributed by atoms with Gasteiger partial charge in [0.25, 0.3) is 0 Å². The zero-order valence-corrected chi connectivity index (χ0v) is 11.0. The van der Waals surface area contributed by atoms with E-state index in [2.05, 4.69) is 12.1 Å². The van der Waals surface area contributed by atoms with Crippen molar-refractivity contribution < 1.29 is 4.92 Å². The summed E-state index contributed by atoms with van der Waals surface area (Å²) in [5, 5.41) is 15.3. The number of hydrogen-bond donors (Lipinski definition) is 0. The number of hydrogen-bond acceptors (Lipinski definition) is 2. The van der Waals surface area contributed by atoms with Crippen molar-refractivity contribution in [2.24, 2.45) is 0 Å². The van der Waals surface area contributed by atoms with Crippen LogP contribution in [0.15, 0.2) is 60.3 Å². The normalized spacial score (nSPS) is 11.9. The van der Waals surface area contributed by atoms with E-state index in [-0.39, 0.29) is 10.6 Å². The van der Waals surface area contributed by atoms with Crippen LogP contribution in [-0.2, 0) is 0 Å². The second kappa shape index (κ2) is 4.78. The number of nitro groups is 1. The first-order valence-electron chi connectivity index (χ1n) is 6.40. The van der Waals surface area contributed by atoms with Crippen LogP contribution >= 0.6 is 0 Å². The van der Waals surface area contributed by atoms with Gasteiger partial charge in [0, 0.05) is 13.0 Å². The molecule has 0 amide bonds. The molecular formula is C17H13NO2. The quantitative estimate of drug-likeness (QED) is 0.384. The fourth-order valence-electron chi connectivity index (χ4n) is 2.48. The summed E-state index contributed by atoms with van der Waals surface area (Å²) in [6, 6.07) is 18.1. The number of nitrogens with zero attached hydrogens (tertiary/aromatic N) is 1. The highest BCUT2D eigenvalue weighted by Crippen LogP contribution is 2.29. The second-order valence-corrected chi connectivity index (χ2v) is 4.78. The highest BCUT2D eigenvalue weighted by atomic mass is 16.6. The third-order valence-electron chi connectivity index (χ3n) is 3.45. The van der Waals surface area contributed by atoms with Crippen molar-refractivity contribution in [3.63, 3.8) is 0 Å². The van der Waals surface area contributed by atoms with Gasteiger partial charge >= 0.3 is 0 Å². The monoisotopic (exact) mass is 263 g/mol. The lowest BCUT2D eigenvalue weighted by Crippen LogP contribution is -1.93. The summed E-state index contributed by atoms with van der Waals surface area (Å²) in [6.07, 6.45) is 1.63. The molecule has 3 aromatic rings. The average Bonchev–Trinajstić information content (AvgIpc) is 2.47. The van der Waals surface area contributed by atoms with Gasteiger partial charge in [-0.15, -0.1) is 0 Å². The van der Waals surface area contributed by atoms with Crippen molar-refractivity contribution in [3.05, 3.63) is 76.0 Å². The number of fused-ring (bicyclic) bond motifs is 3. The van der Waals surface area contributed by atoms with Gasteiger partial charge in [0.1, 0.15) is 0 Å². The van der Waals surface area contributed by atoms with Gasteiger partial charge in [-0.05, 0) is 33.2 Å². The van der Waals surface area contributed by atoms with Crippen molar-refractivity contribution in [2.75, 3.05) is 0 Å². The van der Waals surface area contributed by atoms with Crippen LogP contribution < -0.4 is 0 Å². The first-order valence-corrected chi connectivity index (χ1v) is 6.40. The summed E-state index contributed by atoms with van der Waals surface area (Å²) < 4.78 is 0. The Hall–Kier alpha value is -2.68. The molecule has 0 aliphatic rings. The topological polar surface area (TPSA) is 43.1 Å². The van der Waals surface area contributed by atoms with Crippen molar-refractivity contribution in [1.82, 2.24) is 0 Å². The summed E-state index contributed by atoms with van der Waals surface area (Å²) in [4.78, 5) is 10.5. The lowest BCUT2D eigenvalue weighted by Gasteiger charge is -2.07. The zero-order chi connectivity index (χ0) is 14.1. The summed E-state index contributed by atoms with van der Waals surface area (Å²) in [5.74, 6) is 0. The maximum Gasteiger partial charge on any atom is 0.243 e. The van der Waals surface area contributed by atoms with E-state index < -0.39 is 0 Å². The van der Waals surface area contributed by atoms with Crippen molar-refractivity contribution in [1.29, 1.82) is 0 Å². The molecule has 0 heterocycles. The van der Waals surface area contributed by atoms with Crippen LogP contribution in [0, 0.1) is 10.1 Å². The van der Waals surface area contributed by atoms with Crippen molar-refractivity contribution >= 4 is 27.6 Å². The third-order valence-corrected chi connectivity index (χ3v) is 3.45. The fourth-order valence-corrected chi connectivity index (χ4v) is 2.48. The first-order chi connectivity index (χ1) is 9.66. The molecule has 20 heavy (non-hydrogen) atoms. The van der Waals surface area contributed by atoms with Gasteiger partial charge < -0.3 is 0 Å². The number of benzene rings is 3.